The number of nitrogens with one attached hydrogen (secondary N) is 1. The molecule has 1 aliphatic rings. The van der Waals surface area contributed by atoms with Crippen LogP contribution in [-0.4, -0.2) is 28.3 Å². The highest BCUT2D eigenvalue weighted by Gasteiger charge is 2.47. The Morgan fingerprint density at radius 3 is 2.50 bits per heavy atom. The van der Waals surface area contributed by atoms with Crippen molar-refractivity contribution in [2.24, 2.45) is 0 Å². The molecule has 1 unspecified atom stereocenters. The zero-order chi connectivity index (χ0) is 18.9. The summed E-state index contributed by atoms with van der Waals surface area (Å²) in [4.78, 5) is 27.9. The Bertz CT molecular complexity index is 844. The van der Waals surface area contributed by atoms with Crippen LogP contribution in [0, 0.1) is 6.92 Å². The second-order valence-electron chi connectivity index (χ2n) is 7.49. The van der Waals surface area contributed by atoms with E-state index in [2.05, 4.69) is 5.32 Å². The molecule has 4 heteroatoms. The zero-order valence-electron chi connectivity index (χ0n) is 15.9. The Hall–Kier alpha value is -2.62. The van der Waals surface area contributed by atoms with E-state index in [1.54, 1.807) is 4.90 Å². The zero-order valence-corrected chi connectivity index (χ0v) is 15.9. The van der Waals surface area contributed by atoms with Gasteiger partial charge in [0.15, 0.2) is 0 Å². The van der Waals surface area contributed by atoms with Crippen molar-refractivity contribution in [3.8, 4) is 0 Å². The van der Waals surface area contributed by atoms with E-state index in [0.29, 0.717) is 18.5 Å². The molecule has 0 bridgehead atoms. The molecule has 0 saturated heterocycles. The highest BCUT2D eigenvalue weighted by atomic mass is 16.2. The lowest BCUT2D eigenvalue weighted by Gasteiger charge is -2.46. The van der Waals surface area contributed by atoms with Gasteiger partial charge < -0.3 is 10.2 Å². The number of fused-ring (bicyclic) bond motifs is 1. The van der Waals surface area contributed by atoms with Crippen molar-refractivity contribution < 1.29 is 9.59 Å². The molecule has 2 amide bonds. The van der Waals surface area contributed by atoms with Gasteiger partial charge in [-0.3, -0.25) is 9.59 Å². The summed E-state index contributed by atoms with van der Waals surface area (Å²) >= 11 is 0. The highest BCUT2D eigenvalue weighted by Crippen LogP contribution is 2.33. The molecule has 2 aromatic rings. The Kier molecular flexibility index (Phi) is 4.86. The number of hydrogen-bond donors (Lipinski definition) is 1. The quantitative estimate of drug-likeness (QED) is 0.918. The smallest absolute Gasteiger partial charge is 0.255 e. The molecular weight excluding hydrogens is 324 g/mol. The van der Waals surface area contributed by atoms with E-state index in [9.17, 15) is 9.59 Å². The fourth-order valence-corrected chi connectivity index (χ4v) is 3.86. The summed E-state index contributed by atoms with van der Waals surface area (Å²) in [5.74, 6) is -0.187. The topological polar surface area (TPSA) is 49.4 Å². The molecule has 1 heterocycles. The van der Waals surface area contributed by atoms with Crippen LogP contribution in [0.3, 0.4) is 0 Å². The number of amides is 2. The molecule has 0 spiro atoms. The first kappa shape index (κ1) is 18.2. The van der Waals surface area contributed by atoms with Crippen molar-refractivity contribution in [3.05, 3.63) is 70.8 Å². The first-order chi connectivity index (χ1) is 12.3. The average Bonchev–Trinajstić information content (AvgIpc) is 2.60. The summed E-state index contributed by atoms with van der Waals surface area (Å²) in [5.41, 5.74) is 2.96. The molecule has 1 aliphatic heterocycles. The molecule has 0 aliphatic carbocycles. The fraction of sp³-hybridized carbons (Fsp3) is 0.364. The van der Waals surface area contributed by atoms with Crippen LogP contribution >= 0.6 is 0 Å². The van der Waals surface area contributed by atoms with Gasteiger partial charge in [0.05, 0.1) is 0 Å². The number of carbonyl (C=O) groups is 2. The monoisotopic (exact) mass is 350 g/mol. The summed E-state index contributed by atoms with van der Waals surface area (Å²) in [6.07, 6.45) is 0.521. The average molecular weight is 350 g/mol. The maximum absolute atomic E-state index is 13.2. The van der Waals surface area contributed by atoms with Crippen LogP contribution < -0.4 is 5.32 Å². The normalized spacial score (nSPS) is 19.4. The van der Waals surface area contributed by atoms with Crippen molar-refractivity contribution in [1.29, 1.82) is 0 Å². The molecular formula is C22H26N2O2. The van der Waals surface area contributed by atoms with E-state index in [-0.39, 0.29) is 17.9 Å². The Morgan fingerprint density at radius 1 is 1.15 bits per heavy atom. The fourth-order valence-electron chi connectivity index (χ4n) is 3.86. The van der Waals surface area contributed by atoms with Crippen molar-refractivity contribution in [2.75, 3.05) is 0 Å². The lowest BCUT2D eigenvalue weighted by Crippen LogP contribution is -2.64. The Balaban J connectivity index is 1.89. The second kappa shape index (κ2) is 6.94. The minimum Gasteiger partial charge on any atom is -0.350 e. The van der Waals surface area contributed by atoms with E-state index >= 15 is 0 Å². The van der Waals surface area contributed by atoms with Gasteiger partial charge in [0.2, 0.25) is 5.91 Å². The molecule has 0 aromatic heterocycles. The molecule has 1 N–H and O–H groups in total. The van der Waals surface area contributed by atoms with Crippen molar-refractivity contribution >= 4 is 11.8 Å². The van der Waals surface area contributed by atoms with Gasteiger partial charge in [0.1, 0.15) is 5.54 Å². The largest absolute Gasteiger partial charge is 0.350 e. The predicted molar refractivity (Wildman–Crippen MR) is 103 cm³/mol. The van der Waals surface area contributed by atoms with Gasteiger partial charge in [0, 0.05) is 24.6 Å². The van der Waals surface area contributed by atoms with Crippen LogP contribution in [0.25, 0.3) is 0 Å². The first-order valence-corrected chi connectivity index (χ1v) is 9.09. The maximum atomic E-state index is 13.2. The van der Waals surface area contributed by atoms with E-state index < -0.39 is 5.54 Å². The SMILES string of the molecule is Cc1ccccc1CNC(=O)C1(C)Cc2ccccc2C(=O)N1C(C)C. The second-order valence-corrected chi connectivity index (χ2v) is 7.49. The predicted octanol–water partition coefficient (Wildman–Crippen LogP) is 3.48. The summed E-state index contributed by atoms with van der Waals surface area (Å²) < 4.78 is 0. The summed E-state index contributed by atoms with van der Waals surface area (Å²) in [5, 5.41) is 3.05. The van der Waals surface area contributed by atoms with Gasteiger partial charge in [-0.15, -0.1) is 0 Å². The molecule has 2 aromatic carbocycles. The lowest BCUT2D eigenvalue weighted by molar-refractivity contribution is -0.132. The van der Waals surface area contributed by atoms with Crippen LogP contribution in [0.15, 0.2) is 48.5 Å². The first-order valence-electron chi connectivity index (χ1n) is 9.09. The van der Waals surface area contributed by atoms with Crippen LogP contribution in [-0.2, 0) is 17.8 Å². The van der Waals surface area contributed by atoms with Gasteiger partial charge in [0.25, 0.3) is 5.91 Å². The van der Waals surface area contributed by atoms with E-state index in [4.69, 9.17) is 0 Å². The molecule has 1 atom stereocenters. The number of aryl methyl sites for hydroxylation is 1. The number of hydrogen-bond acceptors (Lipinski definition) is 2. The van der Waals surface area contributed by atoms with Gasteiger partial charge in [-0.05, 0) is 50.5 Å². The van der Waals surface area contributed by atoms with Gasteiger partial charge >= 0.3 is 0 Å². The van der Waals surface area contributed by atoms with Crippen molar-refractivity contribution in [1.82, 2.24) is 10.2 Å². The standard InChI is InChI=1S/C22H26N2O2/c1-15(2)24-20(25)19-12-8-7-10-17(19)13-22(24,4)21(26)23-14-18-11-6-5-9-16(18)3/h5-12,15H,13-14H2,1-4H3,(H,23,26). The maximum Gasteiger partial charge on any atom is 0.255 e. The number of rotatable bonds is 4. The third-order valence-corrected chi connectivity index (χ3v) is 5.24. The molecule has 26 heavy (non-hydrogen) atoms. The third-order valence-electron chi connectivity index (χ3n) is 5.24. The molecule has 0 radical (unpaired) electrons. The van der Waals surface area contributed by atoms with Gasteiger partial charge in [-0.25, -0.2) is 0 Å². The number of carbonyl (C=O) groups excluding carboxylic acids is 2. The van der Waals surface area contributed by atoms with Crippen LogP contribution in [0.5, 0.6) is 0 Å². The molecule has 0 fully saturated rings. The minimum atomic E-state index is -0.901. The summed E-state index contributed by atoms with van der Waals surface area (Å²) in [6.45, 7) is 8.28. The van der Waals surface area contributed by atoms with E-state index in [0.717, 1.165) is 16.7 Å². The summed E-state index contributed by atoms with van der Waals surface area (Å²) in [6, 6.07) is 15.5. The lowest BCUT2D eigenvalue weighted by atomic mass is 9.82. The van der Waals surface area contributed by atoms with Crippen molar-refractivity contribution in [2.45, 2.75) is 52.2 Å². The molecule has 4 nitrogen and oxygen atoms in total. The molecule has 0 saturated carbocycles. The number of nitrogens with zero attached hydrogens (tertiary/aromatic N) is 1. The van der Waals surface area contributed by atoms with E-state index in [1.165, 1.54) is 0 Å². The summed E-state index contributed by atoms with van der Waals surface area (Å²) in [7, 11) is 0. The third kappa shape index (κ3) is 3.12. The van der Waals surface area contributed by atoms with Crippen LogP contribution in [0.2, 0.25) is 0 Å². The Morgan fingerprint density at radius 2 is 1.81 bits per heavy atom. The van der Waals surface area contributed by atoms with Crippen LogP contribution in [0.4, 0.5) is 0 Å². The van der Waals surface area contributed by atoms with Gasteiger partial charge in [-0.1, -0.05) is 42.5 Å². The minimum absolute atomic E-state index is 0.0648. The molecule has 3 rings (SSSR count). The highest BCUT2D eigenvalue weighted by molar-refractivity contribution is 6.02. The number of benzene rings is 2. The molecule has 136 valence electrons. The Labute approximate surface area is 155 Å². The van der Waals surface area contributed by atoms with E-state index in [1.807, 2.05) is 76.2 Å². The van der Waals surface area contributed by atoms with Crippen LogP contribution in [0.1, 0.15) is 47.8 Å². The van der Waals surface area contributed by atoms with Gasteiger partial charge in [-0.2, -0.15) is 0 Å². The van der Waals surface area contributed by atoms with Crippen molar-refractivity contribution in [3.63, 3.8) is 0 Å².